The Morgan fingerprint density at radius 3 is 2.62 bits per heavy atom. The zero-order valence-electron chi connectivity index (χ0n) is 16.8. The molecule has 1 atom stereocenters. The van der Waals surface area contributed by atoms with E-state index in [-0.39, 0.29) is 40.5 Å². The Labute approximate surface area is 193 Å². The maximum absolute atomic E-state index is 13.9. The standard InChI is InChI=1S/C22H12ClF5N4O2/c1-2-16-29-20(31-21(34)10-5-11(22(26,27)28)7-13(25)6-10)19-18(30-17(33)9-32(16)19)14-8-12(24)3-4-15(14)23/h1,3-8,18H,9H2,(H,30,33)(H,31,34). The molecule has 6 nitrogen and oxygen atoms in total. The first-order chi connectivity index (χ1) is 16.0. The number of aromatic nitrogens is 2. The summed E-state index contributed by atoms with van der Waals surface area (Å²) in [4.78, 5) is 29.1. The number of halogens is 6. The van der Waals surface area contributed by atoms with Crippen LogP contribution in [0.15, 0.2) is 36.4 Å². The Morgan fingerprint density at radius 2 is 1.94 bits per heavy atom. The van der Waals surface area contributed by atoms with Gasteiger partial charge in [0.15, 0.2) is 11.6 Å². The number of imidazole rings is 1. The van der Waals surface area contributed by atoms with Crippen LogP contribution in [0.25, 0.3) is 0 Å². The number of carbonyl (C=O) groups is 2. The van der Waals surface area contributed by atoms with Gasteiger partial charge >= 0.3 is 6.18 Å². The molecule has 2 aromatic carbocycles. The van der Waals surface area contributed by atoms with Gasteiger partial charge in [-0.15, -0.1) is 6.42 Å². The molecule has 4 rings (SSSR count). The lowest BCUT2D eigenvalue weighted by atomic mass is 10.0. The molecular weight excluding hydrogens is 483 g/mol. The van der Waals surface area contributed by atoms with Crippen LogP contribution in [-0.2, 0) is 17.5 Å². The number of carbonyl (C=O) groups excluding carboxylic acids is 2. The molecule has 0 bridgehead atoms. The Balaban J connectivity index is 1.80. The molecule has 0 saturated heterocycles. The molecule has 0 saturated carbocycles. The predicted octanol–water partition coefficient (Wildman–Crippen LogP) is 4.29. The fourth-order valence-corrected chi connectivity index (χ4v) is 3.79. The van der Waals surface area contributed by atoms with Crippen molar-refractivity contribution in [1.29, 1.82) is 0 Å². The summed E-state index contributed by atoms with van der Waals surface area (Å²) in [6.07, 6.45) is 0.578. The Kier molecular flexibility index (Phi) is 5.79. The molecule has 2 amide bonds. The van der Waals surface area contributed by atoms with Gasteiger partial charge in [-0.1, -0.05) is 11.6 Å². The quantitative estimate of drug-likeness (QED) is 0.421. The average molecular weight is 495 g/mol. The largest absolute Gasteiger partial charge is 0.416 e. The minimum absolute atomic E-state index is 0.0760. The predicted molar refractivity (Wildman–Crippen MR) is 111 cm³/mol. The summed E-state index contributed by atoms with van der Waals surface area (Å²) in [5, 5.41) is 5.00. The van der Waals surface area contributed by atoms with E-state index in [0.717, 1.165) is 12.1 Å². The van der Waals surface area contributed by atoms with E-state index < -0.39 is 46.8 Å². The number of hydrogen-bond donors (Lipinski definition) is 2. The number of hydrogen-bond acceptors (Lipinski definition) is 3. The second kappa shape index (κ2) is 8.46. The van der Waals surface area contributed by atoms with E-state index in [1.165, 1.54) is 10.6 Å². The van der Waals surface area contributed by atoms with Gasteiger partial charge in [0.1, 0.15) is 18.2 Å². The van der Waals surface area contributed by atoms with Crippen molar-refractivity contribution in [2.45, 2.75) is 18.8 Å². The van der Waals surface area contributed by atoms with Gasteiger partial charge in [-0.2, -0.15) is 13.2 Å². The van der Waals surface area contributed by atoms with Crippen molar-refractivity contribution in [3.8, 4) is 12.3 Å². The molecule has 174 valence electrons. The van der Waals surface area contributed by atoms with Crippen molar-refractivity contribution in [2.75, 3.05) is 5.32 Å². The number of fused-ring (bicyclic) bond motifs is 1. The SMILES string of the molecule is C#Cc1nc(NC(=O)c2cc(F)cc(C(F)(F)F)c2)c2n1CC(=O)NC2c1cc(F)ccc1Cl. The van der Waals surface area contributed by atoms with Crippen LogP contribution in [0.5, 0.6) is 0 Å². The van der Waals surface area contributed by atoms with Crippen LogP contribution in [-0.4, -0.2) is 21.4 Å². The molecule has 2 N–H and O–H groups in total. The zero-order chi connectivity index (χ0) is 24.8. The number of amides is 2. The van der Waals surface area contributed by atoms with E-state index in [4.69, 9.17) is 18.0 Å². The number of nitrogens with zero attached hydrogens (tertiary/aromatic N) is 2. The van der Waals surface area contributed by atoms with E-state index in [0.29, 0.717) is 12.1 Å². The molecule has 2 heterocycles. The fraction of sp³-hybridized carbons (Fsp3) is 0.136. The molecule has 3 aromatic rings. The van der Waals surface area contributed by atoms with Gasteiger partial charge in [0.05, 0.1) is 17.3 Å². The highest BCUT2D eigenvalue weighted by Gasteiger charge is 2.35. The molecule has 34 heavy (non-hydrogen) atoms. The number of anilines is 1. The van der Waals surface area contributed by atoms with Crippen LogP contribution in [0, 0.1) is 24.0 Å². The number of benzene rings is 2. The van der Waals surface area contributed by atoms with E-state index >= 15 is 0 Å². The van der Waals surface area contributed by atoms with Gasteiger partial charge in [-0.25, -0.2) is 13.8 Å². The molecule has 1 aromatic heterocycles. The first-order valence-electron chi connectivity index (χ1n) is 9.48. The minimum atomic E-state index is -4.88. The number of rotatable bonds is 3. The summed E-state index contributed by atoms with van der Waals surface area (Å²) in [6, 6.07) is 3.68. The van der Waals surface area contributed by atoms with E-state index in [1.54, 1.807) is 0 Å². The molecule has 0 spiro atoms. The monoisotopic (exact) mass is 494 g/mol. The van der Waals surface area contributed by atoms with Gasteiger partial charge in [0.25, 0.3) is 5.91 Å². The van der Waals surface area contributed by atoms with Crippen molar-refractivity contribution >= 4 is 29.2 Å². The molecule has 0 fully saturated rings. The van der Waals surface area contributed by atoms with Crippen LogP contribution in [0.4, 0.5) is 27.8 Å². The van der Waals surface area contributed by atoms with Crippen LogP contribution in [0.1, 0.15) is 39.0 Å². The lowest BCUT2D eigenvalue weighted by molar-refractivity contribution is -0.137. The van der Waals surface area contributed by atoms with Gasteiger partial charge in [-0.3, -0.25) is 9.59 Å². The van der Waals surface area contributed by atoms with Crippen LogP contribution < -0.4 is 10.6 Å². The molecule has 1 aliphatic rings. The van der Waals surface area contributed by atoms with E-state index in [2.05, 4.69) is 21.5 Å². The number of terminal acetylenes is 1. The molecule has 1 unspecified atom stereocenters. The Bertz CT molecular complexity index is 1380. The first-order valence-corrected chi connectivity index (χ1v) is 9.86. The molecule has 12 heteroatoms. The highest BCUT2D eigenvalue weighted by molar-refractivity contribution is 6.31. The number of nitrogens with one attached hydrogen (secondary N) is 2. The molecule has 1 aliphatic heterocycles. The maximum atomic E-state index is 13.9. The number of alkyl halides is 3. The van der Waals surface area contributed by atoms with Gasteiger partial charge in [0, 0.05) is 16.1 Å². The normalized spacial score (nSPS) is 15.3. The third-order valence-corrected chi connectivity index (χ3v) is 5.35. The zero-order valence-corrected chi connectivity index (χ0v) is 17.6. The lowest BCUT2D eigenvalue weighted by Gasteiger charge is -2.27. The second-order valence-electron chi connectivity index (χ2n) is 7.25. The summed E-state index contributed by atoms with van der Waals surface area (Å²) in [7, 11) is 0. The third kappa shape index (κ3) is 4.32. The molecular formula is C22H12ClF5N4O2. The van der Waals surface area contributed by atoms with Gasteiger partial charge in [-0.05, 0) is 42.3 Å². The minimum Gasteiger partial charge on any atom is -0.342 e. The van der Waals surface area contributed by atoms with Crippen LogP contribution in [0.2, 0.25) is 5.02 Å². The topological polar surface area (TPSA) is 76.0 Å². The molecule has 0 aliphatic carbocycles. The highest BCUT2D eigenvalue weighted by atomic mass is 35.5. The Morgan fingerprint density at radius 1 is 1.21 bits per heavy atom. The third-order valence-electron chi connectivity index (χ3n) is 5.00. The van der Waals surface area contributed by atoms with Crippen molar-refractivity contribution in [1.82, 2.24) is 14.9 Å². The van der Waals surface area contributed by atoms with Crippen LogP contribution >= 0.6 is 11.6 Å². The lowest BCUT2D eigenvalue weighted by Crippen LogP contribution is -2.39. The van der Waals surface area contributed by atoms with Crippen molar-refractivity contribution < 1.29 is 31.5 Å². The summed E-state index contributed by atoms with van der Waals surface area (Å²) in [5.41, 5.74) is -1.75. The maximum Gasteiger partial charge on any atom is 0.416 e. The van der Waals surface area contributed by atoms with E-state index in [9.17, 15) is 31.5 Å². The van der Waals surface area contributed by atoms with Crippen molar-refractivity contribution in [3.05, 3.63) is 81.3 Å². The summed E-state index contributed by atoms with van der Waals surface area (Å²) in [5.74, 6) is -1.60. The fourth-order valence-electron chi connectivity index (χ4n) is 3.56. The molecule has 0 radical (unpaired) electrons. The van der Waals surface area contributed by atoms with Gasteiger partial charge in [0.2, 0.25) is 5.91 Å². The van der Waals surface area contributed by atoms with Crippen LogP contribution in [0.3, 0.4) is 0 Å². The van der Waals surface area contributed by atoms with Crippen molar-refractivity contribution in [3.63, 3.8) is 0 Å². The van der Waals surface area contributed by atoms with Gasteiger partial charge < -0.3 is 15.2 Å². The average Bonchev–Trinajstić information content (AvgIpc) is 3.11. The van der Waals surface area contributed by atoms with Crippen molar-refractivity contribution in [2.24, 2.45) is 0 Å². The second-order valence-corrected chi connectivity index (χ2v) is 7.65. The Hall–Kier alpha value is -3.91. The summed E-state index contributed by atoms with van der Waals surface area (Å²) in [6.45, 7) is -0.292. The van der Waals surface area contributed by atoms with E-state index in [1.807, 2.05) is 0 Å². The highest BCUT2D eigenvalue weighted by Crippen LogP contribution is 2.36. The first kappa shape index (κ1) is 23.3. The summed E-state index contributed by atoms with van der Waals surface area (Å²) >= 11 is 6.19. The summed E-state index contributed by atoms with van der Waals surface area (Å²) < 4.78 is 68.1. The smallest absolute Gasteiger partial charge is 0.342 e.